The van der Waals surface area contributed by atoms with Gasteiger partial charge >= 0.3 is 5.97 Å². The highest BCUT2D eigenvalue weighted by Crippen LogP contribution is 2.21. The average Bonchev–Trinajstić information content (AvgIpc) is 3.30. The van der Waals surface area contributed by atoms with E-state index in [0.29, 0.717) is 19.4 Å². The minimum absolute atomic E-state index is 0.0387. The maximum Gasteiger partial charge on any atom is 0.308 e. The molecule has 2 N–H and O–H groups in total. The summed E-state index contributed by atoms with van der Waals surface area (Å²) in [6.45, 7) is 3.89. The Balaban J connectivity index is 1.72. The van der Waals surface area contributed by atoms with Crippen LogP contribution in [0, 0.1) is 5.92 Å². The molecule has 3 rings (SSSR count). The number of hydrogen-bond donors (Lipinski definition) is 2. The molecule has 0 saturated carbocycles. The fourth-order valence-electron chi connectivity index (χ4n) is 3.26. The lowest BCUT2D eigenvalue weighted by Gasteiger charge is -2.21. The highest BCUT2D eigenvalue weighted by molar-refractivity contribution is 5.90. The molecular weight excluding hydrogens is 382 g/mol. The second-order valence-corrected chi connectivity index (χ2v) is 7.06. The number of tetrazole rings is 1. The molecule has 30 heavy (non-hydrogen) atoms. The third-order valence-electron chi connectivity index (χ3n) is 4.75. The summed E-state index contributed by atoms with van der Waals surface area (Å²) < 4.78 is 5.11. The van der Waals surface area contributed by atoms with Crippen LogP contribution in [-0.4, -0.2) is 45.1 Å². The number of aromatic amines is 1. The van der Waals surface area contributed by atoms with Gasteiger partial charge in [-0.15, -0.1) is 10.2 Å². The van der Waals surface area contributed by atoms with Crippen molar-refractivity contribution in [2.75, 3.05) is 6.61 Å². The van der Waals surface area contributed by atoms with Crippen LogP contribution in [0.25, 0.3) is 11.1 Å². The number of ether oxygens (including phenoxy) is 1. The van der Waals surface area contributed by atoms with Crippen molar-refractivity contribution in [3.8, 4) is 11.1 Å². The summed E-state index contributed by atoms with van der Waals surface area (Å²) in [6.07, 6.45) is 0.991. The first-order valence-electron chi connectivity index (χ1n) is 9.92. The van der Waals surface area contributed by atoms with E-state index in [-0.39, 0.29) is 23.8 Å². The number of rotatable bonds is 9. The first kappa shape index (κ1) is 21.2. The molecule has 8 heteroatoms. The van der Waals surface area contributed by atoms with Gasteiger partial charge in [-0.2, -0.15) is 5.21 Å². The van der Waals surface area contributed by atoms with Crippen molar-refractivity contribution < 1.29 is 14.3 Å². The summed E-state index contributed by atoms with van der Waals surface area (Å²) in [6, 6.07) is 18.0. The minimum atomic E-state index is -0.439. The summed E-state index contributed by atoms with van der Waals surface area (Å²) >= 11 is 0. The maximum absolute atomic E-state index is 12.4. The molecule has 3 aromatic rings. The van der Waals surface area contributed by atoms with Crippen LogP contribution in [0.1, 0.15) is 36.5 Å². The molecule has 0 radical (unpaired) electrons. The van der Waals surface area contributed by atoms with E-state index in [1.807, 2.05) is 30.3 Å². The van der Waals surface area contributed by atoms with Gasteiger partial charge in [0.05, 0.1) is 12.5 Å². The van der Waals surface area contributed by atoms with E-state index in [1.54, 1.807) is 13.8 Å². The highest BCUT2D eigenvalue weighted by Gasteiger charge is 2.23. The van der Waals surface area contributed by atoms with Crippen molar-refractivity contribution in [2.45, 2.75) is 32.7 Å². The topological polar surface area (TPSA) is 110 Å². The van der Waals surface area contributed by atoms with E-state index in [9.17, 15) is 9.59 Å². The molecule has 0 aliphatic carbocycles. The number of benzene rings is 2. The van der Waals surface area contributed by atoms with Gasteiger partial charge in [-0.05, 0) is 41.7 Å². The Morgan fingerprint density at radius 2 is 1.77 bits per heavy atom. The van der Waals surface area contributed by atoms with Gasteiger partial charge in [0.2, 0.25) is 0 Å². The lowest BCUT2D eigenvalue weighted by molar-refractivity contribution is -0.147. The number of H-pyrrole nitrogens is 1. The Morgan fingerprint density at radius 1 is 1.07 bits per heavy atom. The summed E-state index contributed by atoms with van der Waals surface area (Å²) in [5.74, 6) is -1.12. The average molecular weight is 407 g/mol. The Kier molecular flexibility index (Phi) is 7.26. The van der Waals surface area contributed by atoms with Gasteiger partial charge in [0, 0.05) is 6.04 Å². The summed E-state index contributed by atoms with van der Waals surface area (Å²) in [5.41, 5.74) is 3.30. The molecule has 2 atom stereocenters. The molecule has 0 fully saturated rings. The van der Waals surface area contributed by atoms with Crippen LogP contribution in [0.4, 0.5) is 0 Å². The molecule has 0 saturated heterocycles. The number of hydrogen-bond acceptors (Lipinski definition) is 6. The number of carbonyl (C=O) groups excluding carboxylic acids is 2. The van der Waals surface area contributed by atoms with Gasteiger partial charge < -0.3 is 10.1 Å². The molecule has 2 aromatic carbocycles. The largest absolute Gasteiger partial charge is 0.466 e. The number of nitrogens with zero attached hydrogens (tertiary/aromatic N) is 3. The van der Waals surface area contributed by atoms with Crippen molar-refractivity contribution in [2.24, 2.45) is 5.92 Å². The lowest BCUT2D eigenvalue weighted by atomic mass is 9.95. The first-order valence-corrected chi connectivity index (χ1v) is 9.92. The smallest absolute Gasteiger partial charge is 0.308 e. The van der Waals surface area contributed by atoms with Crippen LogP contribution >= 0.6 is 0 Å². The standard InChI is InChI=1S/C22H25N5O3/c1-3-30-22(29)15(2)13-19(23-21(28)20-24-26-27-25-20)14-16-9-11-18(12-10-16)17-7-5-4-6-8-17/h4-12,15,19H,3,13-14H2,1-2H3,(H,23,28)(H,24,25,26,27)/t15-,19+/m1/s1. The van der Waals surface area contributed by atoms with E-state index in [2.05, 4.69) is 50.2 Å². The van der Waals surface area contributed by atoms with Crippen molar-refractivity contribution in [3.05, 3.63) is 66.0 Å². The zero-order chi connectivity index (χ0) is 21.3. The molecule has 0 aliphatic heterocycles. The predicted octanol–water partition coefficient (Wildman–Crippen LogP) is 2.80. The Hall–Kier alpha value is -3.55. The number of amides is 1. The molecule has 0 aliphatic rings. The van der Waals surface area contributed by atoms with E-state index < -0.39 is 5.91 Å². The number of esters is 1. The van der Waals surface area contributed by atoms with Gasteiger partial charge in [0.1, 0.15) is 0 Å². The van der Waals surface area contributed by atoms with Gasteiger partial charge in [-0.25, -0.2) is 0 Å². The van der Waals surface area contributed by atoms with E-state index in [4.69, 9.17) is 4.74 Å². The molecular formula is C22H25N5O3. The zero-order valence-corrected chi connectivity index (χ0v) is 17.0. The van der Waals surface area contributed by atoms with Crippen LogP contribution in [-0.2, 0) is 16.0 Å². The van der Waals surface area contributed by atoms with Gasteiger partial charge in [-0.3, -0.25) is 9.59 Å². The Labute approximate surface area is 175 Å². The number of aromatic nitrogens is 4. The van der Waals surface area contributed by atoms with Crippen LogP contribution in [0.2, 0.25) is 0 Å². The SMILES string of the molecule is CCOC(=O)[C@H](C)C[C@@H](Cc1ccc(-c2ccccc2)cc1)NC(=O)c1nn[nH]n1. The van der Waals surface area contributed by atoms with Gasteiger partial charge in [-0.1, -0.05) is 61.5 Å². The zero-order valence-electron chi connectivity index (χ0n) is 17.0. The van der Waals surface area contributed by atoms with Crippen LogP contribution in [0.5, 0.6) is 0 Å². The first-order chi connectivity index (χ1) is 14.6. The monoisotopic (exact) mass is 407 g/mol. The molecule has 0 spiro atoms. The van der Waals surface area contributed by atoms with Crippen molar-refractivity contribution in [1.29, 1.82) is 0 Å². The second-order valence-electron chi connectivity index (χ2n) is 7.06. The maximum atomic E-state index is 12.4. The molecule has 1 heterocycles. The van der Waals surface area contributed by atoms with Crippen molar-refractivity contribution in [3.63, 3.8) is 0 Å². The second kappa shape index (κ2) is 10.3. The number of carbonyl (C=O) groups is 2. The summed E-state index contributed by atoms with van der Waals surface area (Å²) in [7, 11) is 0. The summed E-state index contributed by atoms with van der Waals surface area (Å²) in [4.78, 5) is 24.5. The molecule has 8 nitrogen and oxygen atoms in total. The van der Waals surface area contributed by atoms with Crippen LogP contribution in [0.3, 0.4) is 0 Å². The van der Waals surface area contributed by atoms with Crippen LogP contribution in [0.15, 0.2) is 54.6 Å². The Bertz CT molecular complexity index is 943. The van der Waals surface area contributed by atoms with Gasteiger partial charge in [0.15, 0.2) is 0 Å². The minimum Gasteiger partial charge on any atom is -0.466 e. The molecule has 156 valence electrons. The van der Waals surface area contributed by atoms with Gasteiger partial charge in [0.25, 0.3) is 11.7 Å². The predicted molar refractivity (Wildman–Crippen MR) is 111 cm³/mol. The quantitative estimate of drug-likeness (QED) is 0.528. The normalized spacial score (nSPS) is 12.7. The third-order valence-corrected chi connectivity index (χ3v) is 4.75. The van der Waals surface area contributed by atoms with E-state index >= 15 is 0 Å². The molecule has 1 aromatic heterocycles. The van der Waals surface area contributed by atoms with E-state index in [0.717, 1.165) is 16.7 Å². The van der Waals surface area contributed by atoms with Crippen molar-refractivity contribution in [1.82, 2.24) is 25.9 Å². The van der Waals surface area contributed by atoms with Crippen LogP contribution < -0.4 is 5.32 Å². The molecule has 0 unspecified atom stereocenters. The highest BCUT2D eigenvalue weighted by atomic mass is 16.5. The molecule has 0 bridgehead atoms. The molecule has 1 amide bonds. The van der Waals surface area contributed by atoms with Crippen molar-refractivity contribution >= 4 is 11.9 Å². The fraction of sp³-hybridized carbons (Fsp3) is 0.318. The number of nitrogens with one attached hydrogen (secondary N) is 2. The Morgan fingerprint density at radius 3 is 2.40 bits per heavy atom. The van der Waals surface area contributed by atoms with E-state index in [1.165, 1.54) is 0 Å². The summed E-state index contributed by atoms with van der Waals surface area (Å²) in [5, 5.41) is 16.0. The fourth-order valence-corrected chi connectivity index (χ4v) is 3.26. The lowest BCUT2D eigenvalue weighted by Crippen LogP contribution is -2.39. The third kappa shape index (κ3) is 5.73.